The zero-order chi connectivity index (χ0) is 23.8. The molecule has 2 nitrogen and oxygen atoms in total. The average Bonchev–Trinajstić information content (AvgIpc) is 2.89. The van der Waals surface area contributed by atoms with E-state index in [1.165, 1.54) is 89.9 Å². The van der Waals surface area contributed by atoms with Crippen LogP contribution in [-0.4, -0.2) is 12.1 Å². The first kappa shape index (κ1) is 26.0. The van der Waals surface area contributed by atoms with Crippen molar-refractivity contribution in [2.24, 2.45) is 41.4 Å². The van der Waals surface area contributed by atoms with E-state index in [2.05, 4.69) is 31.7 Å². The molecule has 0 heterocycles. The molecule has 0 aliphatic heterocycles. The van der Waals surface area contributed by atoms with Crippen LogP contribution >= 0.6 is 0 Å². The van der Waals surface area contributed by atoms with Crippen LogP contribution in [0.2, 0.25) is 0 Å². The molecular weight excluding hydrogens is 416 g/mol. The third-order valence-corrected chi connectivity index (χ3v) is 10.2. The van der Waals surface area contributed by atoms with E-state index in [9.17, 15) is 4.79 Å². The molecule has 0 N–H and O–H groups in total. The molecule has 0 amide bonds. The van der Waals surface area contributed by atoms with E-state index in [-0.39, 0.29) is 18.0 Å². The molecule has 4 fully saturated rings. The van der Waals surface area contributed by atoms with Crippen molar-refractivity contribution in [2.75, 3.05) is 0 Å². The predicted octanol–water partition coefficient (Wildman–Crippen LogP) is 9.05. The number of esters is 1. The largest absolute Gasteiger partial charge is 0.462 e. The van der Waals surface area contributed by atoms with Gasteiger partial charge in [0, 0.05) is 0 Å². The van der Waals surface area contributed by atoms with Gasteiger partial charge in [0.15, 0.2) is 0 Å². The second-order valence-corrected chi connectivity index (χ2v) is 12.5. The van der Waals surface area contributed by atoms with Crippen LogP contribution in [0.15, 0.2) is 24.8 Å². The van der Waals surface area contributed by atoms with Crippen LogP contribution in [0.3, 0.4) is 0 Å². The summed E-state index contributed by atoms with van der Waals surface area (Å²) >= 11 is 0. The average molecular weight is 469 g/mol. The van der Waals surface area contributed by atoms with Gasteiger partial charge in [-0.15, -0.1) is 6.58 Å². The molecule has 4 saturated carbocycles. The van der Waals surface area contributed by atoms with Crippen molar-refractivity contribution < 1.29 is 9.53 Å². The molecule has 4 aliphatic rings. The number of hydrogen-bond donors (Lipinski definition) is 0. The summed E-state index contributed by atoms with van der Waals surface area (Å²) in [5.74, 6) is 5.38. The van der Waals surface area contributed by atoms with E-state index in [0.717, 1.165) is 55.3 Å². The fraction of sp³-hybridized carbons (Fsp3) is 0.844. The fourth-order valence-corrected chi connectivity index (χ4v) is 7.73. The highest BCUT2D eigenvalue weighted by molar-refractivity contribution is 5.72. The van der Waals surface area contributed by atoms with Crippen molar-refractivity contribution in [2.45, 2.75) is 129 Å². The SMILES string of the molecule is C=CC1CCC(C2CCC(/C=C/C3CCC(C(=O)OC4CCC(CCC)CC4)CC3)CC2)CC1. The Balaban J connectivity index is 1.10. The predicted molar refractivity (Wildman–Crippen MR) is 142 cm³/mol. The standard InChI is InChI=1S/C32H52O2/c1-3-5-25-14-22-31(23-15-25)34-32(33)30-20-12-27(13-21-30)7-6-26-10-18-29(19-11-26)28-16-8-24(4-2)9-17-28/h4,6-7,24-31H,2-3,5,8-23H2,1H3/b7-6+. The molecule has 0 spiro atoms. The lowest BCUT2D eigenvalue weighted by molar-refractivity contribution is -0.157. The first-order valence-electron chi connectivity index (χ1n) is 15.2. The number of hydrogen-bond acceptors (Lipinski definition) is 2. The lowest BCUT2D eigenvalue weighted by Crippen LogP contribution is -2.30. The maximum atomic E-state index is 12.7. The molecule has 0 aromatic rings. The summed E-state index contributed by atoms with van der Waals surface area (Å²) < 4.78 is 5.96. The molecule has 0 bridgehead atoms. The minimum Gasteiger partial charge on any atom is -0.462 e. The molecule has 0 aromatic heterocycles. The van der Waals surface area contributed by atoms with E-state index >= 15 is 0 Å². The smallest absolute Gasteiger partial charge is 0.309 e. The first-order chi connectivity index (χ1) is 16.6. The van der Waals surface area contributed by atoms with Crippen LogP contribution < -0.4 is 0 Å². The Kier molecular flexibility index (Phi) is 10.2. The molecule has 0 saturated heterocycles. The summed E-state index contributed by atoms with van der Waals surface area (Å²) in [5, 5.41) is 0. The summed E-state index contributed by atoms with van der Waals surface area (Å²) in [5.41, 5.74) is 0. The van der Waals surface area contributed by atoms with Gasteiger partial charge in [-0.3, -0.25) is 4.79 Å². The van der Waals surface area contributed by atoms with Gasteiger partial charge in [-0.1, -0.05) is 38.0 Å². The Morgan fingerprint density at radius 2 is 1.21 bits per heavy atom. The topological polar surface area (TPSA) is 26.3 Å². The minimum absolute atomic E-state index is 0.113. The zero-order valence-corrected chi connectivity index (χ0v) is 22.1. The van der Waals surface area contributed by atoms with Crippen LogP contribution in [0, 0.1) is 41.4 Å². The zero-order valence-electron chi connectivity index (χ0n) is 22.1. The van der Waals surface area contributed by atoms with Gasteiger partial charge in [0.05, 0.1) is 5.92 Å². The molecule has 34 heavy (non-hydrogen) atoms. The Labute approximate surface area is 210 Å². The number of ether oxygens (including phenoxy) is 1. The Morgan fingerprint density at radius 1 is 0.706 bits per heavy atom. The Bertz CT molecular complexity index is 634. The molecule has 0 unspecified atom stereocenters. The van der Waals surface area contributed by atoms with Gasteiger partial charge in [0.2, 0.25) is 0 Å². The molecular formula is C32H52O2. The van der Waals surface area contributed by atoms with Crippen molar-refractivity contribution in [1.29, 1.82) is 0 Å². The van der Waals surface area contributed by atoms with Crippen molar-refractivity contribution >= 4 is 5.97 Å². The van der Waals surface area contributed by atoms with Gasteiger partial charge in [0.25, 0.3) is 0 Å². The quantitative estimate of drug-likeness (QED) is 0.262. The van der Waals surface area contributed by atoms with Gasteiger partial charge in [-0.2, -0.15) is 0 Å². The van der Waals surface area contributed by atoms with Crippen LogP contribution in [-0.2, 0) is 9.53 Å². The Hall–Kier alpha value is -1.05. The van der Waals surface area contributed by atoms with E-state index in [1.807, 2.05) is 0 Å². The molecule has 192 valence electrons. The number of carbonyl (C=O) groups is 1. The number of rotatable bonds is 8. The van der Waals surface area contributed by atoms with E-state index < -0.39 is 0 Å². The molecule has 4 aliphatic carbocycles. The van der Waals surface area contributed by atoms with Crippen LogP contribution in [0.5, 0.6) is 0 Å². The van der Waals surface area contributed by atoms with E-state index in [4.69, 9.17) is 4.74 Å². The second-order valence-electron chi connectivity index (χ2n) is 12.5. The third-order valence-electron chi connectivity index (χ3n) is 10.2. The molecule has 0 radical (unpaired) electrons. The second kappa shape index (κ2) is 13.3. The fourth-order valence-electron chi connectivity index (χ4n) is 7.73. The number of allylic oxidation sites excluding steroid dienone is 3. The molecule has 0 aromatic carbocycles. The summed E-state index contributed by atoms with van der Waals surface area (Å²) in [6.07, 6.45) is 30.5. The van der Waals surface area contributed by atoms with Gasteiger partial charge >= 0.3 is 5.97 Å². The highest BCUT2D eigenvalue weighted by Crippen LogP contribution is 2.42. The van der Waals surface area contributed by atoms with E-state index in [0.29, 0.717) is 5.92 Å². The summed E-state index contributed by atoms with van der Waals surface area (Å²) in [6, 6.07) is 0. The van der Waals surface area contributed by atoms with Gasteiger partial charge in [0.1, 0.15) is 6.10 Å². The molecule has 0 atom stereocenters. The van der Waals surface area contributed by atoms with Crippen molar-refractivity contribution in [3.05, 3.63) is 24.8 Å². The van der Waals surface area contributed by atoms with E-state index in [1.54, 1.807) is 0 Å². The lowest BCUT2D eigenvalue weighted by atomic mass is 9.69. The normalized spacial score (nSPS) is 39.6. The summed E-state index contributed by atoms with van der Waals surface area (Å²) in [4.78, 5) is 12.7. The van der Waals surface area contributed by atoms with Crippen LogP contribution in [0.4, 0.5) is 0 Å². The minimum atomic E-state index is 0.113. The highest BCUT2D eigenvalue weighted by atomic mass is 16.5. The maximum Gasteiger partial charge on any atom is 0.309 e. The third kappa shape index (κ3) is 7.47. The van der Waals surface area contributed by atoms with Crippen LogP contribution in [0.1, 0.15) is 122 Å². The maximum absolute atomic E-state index is 12.7. The Morgan fingerprint density at radius 3 is 1.71 bits per heavy atom. The van der Waals surface area contributed by atoms with Gasteiger partial charge < -0.3 is 4.74 Å². The first-order valence-corrected chi connectivity index (χ1v) is 15.2. The summed E-state index contributed by atoms with van der Waals surface area (Å²) in [7, 11) is 0. The van der Waals surface area contributed by atoms with Crippen molar-refractivity contribution in [3.63, 3.8) is 0 Å². The van der Waals surface area contributed by atoms with Crippen molar-refractivity contribution in [3.8, 4) is 0 Å². The van der Waals surface area contributed by atoms with Crippen LogP contribution in [0.25, 0.3) is 0 Å². The van der Waals surface area contributed by atoms with Crippen molar-refractivity contribution in [1.82, 2.24) is 0 Å². The number of carbonyl (C=O) groups excluding carboxylic acids is 1. The molecule has 4 rings (SSSR count). The highest BCUT2D eigenvalue weighted by Gasteiger charge is 2.31. The monoisotopic (exact) mass is 468 g/mol. The molecule has 2 heteroatoms. The van der Waals surface area contributed by atoms with Gasteiger partial charge in [-0.05, 0) is 138 Å². The lowest BCUT2D eigenvalue weighted by Gasteiger charge is -2.37. The van der Waals surface area contributed by atoms with Gasteiger partial charge in [-0.25, -0.2) is 0 Å². The summed E-state index contributed by atoms with van der Waals surface area (Å²) in [6.45, 7) is 6.28.